The number of carboxylic acid groups (broad SMARTS) is 1. The Balaban J connectivity index is 1.90. The lowest BCUT2D eigenvalue weighted by molar-refractivity contribution is -0.150. The lowest BCUT2D eigenvalue weighted by Crippen LogP contribution is -2.61. The van der Waals surface area contributed by atoms with Crippen LogP contribution >= 0.6 is 0 Å². The number of aliphatic carboxylic acids is 1. The van der Waals surface area contributed by atoms with E-state index < -0.39 is 5.97 Å². The number of carbonyl (C=O) groups excluding carboxylic acids is 1. The first kappa shape index (κ1) is 12.0. The lowest BCUT2D eigenvalue weighted by atomic mass is 9.71. The highest BCUT2D eigenvalue weighted by Gasteiger charge is 2.55. The van der Waals surface area contributed by atoms with Gasteiger partial charge < -0.3 is 14.7 Å². The van der Waals surface area contributed by atoms with Crippen LogP contribution < -0.4 is 0 Å². The Morgan fingerprint density at radius 3 is 2.82 bits per heavy atom. The van der Waals surface area contributed by atoms with Crippen LogP contribution in [0, 0.1) is 11.3 Å². The maximum Gasteiger partial charge on any atom is 0.410 e. The van der Waals surface area contributed by atoms with Crippen molar-refractivity contribution in [3.05, 3.63) is 12.7 Å². The zero-order chi connectivity index (χ0) is 12.5. The fourth-order valence-corrected chi connectivity index (χ4v) is 2.97. The van der Waals surface area contributed by atoms with Crippen molar-refractivity contribution < 1.29 is 19.4 Å². The van der Waals surface area contributed by atoms with Gasteiger partial charge in [0.05, 0.1) is 5.92 Å². The average molecular weight is 239 g/mol. The minimum Gasteiger partial charge on any atom is -0.481 e. The molecule has 17 heavy (non-hydrogen) atoms. The highest BCUT2D eigenvalue weighted by atomic mass is 16.6. The largest absolute Gasteiger partial charge is 0.481 e. The molecule has 0 radical (unpaired) electrons. The van der Waals surface area contributed by atoms with Gasteiger partial charge in [-0.15, -0.1) is 0 Å². The van der Waals surface area contributed by atoms with Crippen molar-refractivity contribution in [1.82, 2.24) is 4.90 Å². The SMILES string of the molecule is C=CCOC(=O)N1CC2(CCCC2C(=O)O)C1. The first-order valence-electron chi connectivity index (χ1n) is 5.84. The minimum atomic E-state index is -0.735. The molecular formula is C12H17NO4. The first-order valence-corrected chi connectivity index (χ1v) is 5.84. The number of carboxylic acids is 1. The summed E-state index contributed by atoms with van der Waals surface area (Å²) in [4.78, 5) is 24.2. The maximum absolute atomic E-state index is 11.5. The highest BCUT2D eigenvalue weighted by Crippen LogP contribution is 2.50. The Hall–Kier alpha value is -1.52. The average Bonchev–Trinajstić information content (AvgIpc) is 2.68. The molecule has 1 heterocycles. The van der Waals surface area contributed by atoms with E-state index >= 15 is 0 Å². The van der Waals surface area contributed by atoms with Crippen molar-refractivity contribution in [2.45, 2.75) is 19.3 Å². The Morgan fingerprint density at radius 1 is 1.53 bits per heavy atom. The van der Waals surface area contributed by atoms with Crippen molar-refractivity contribution >= 4 is 12.1 Å². The molecule has 5 nitrogen and oxygen atoms in total. The molecule has 1 spiro atoms. The summed E-state index contributed by atoms with van der Waals surface area (Å²) < 4.78 is 4.92. The predicted molar refractivity (Wildman–Crippen MR) is 60.5 cm³/mol. The van der Waals surface area contributed by atoms with Crippen molar-refractivity contribution in [3.8, 4) is 0 Å². The Morgan fingerprint density at radius 2 is 2.24 bits per heavy atom. The van der Waals surface area contributed by atoms with E-state index in [-0.39, 0.29) is 24.0 Å². The van der Waals surface area contributed by atoms with Gasteiger partial charge in [-0.05, 0) is 12.8 Å². The Kier molecular flexibility index (Phi) is 3.09. The van der Waals surface area contributed by atoms with Crippen molar-refractivity contribution in [1.29, 1.82) is 0 Å². The molecule has 1 saturated heterocycles. The molecule has 1 aliphatic heterocycles. The molecule has 1 unspecified atom stereocenters. The Labute approximate surface area is 100 Å². The molecule has 0 aromatic heterocycles. The molecule has 2 fully saturated rings. The highest BCUT2D eigenvalue weighted by molar-refractivity contribution is 5.74. The number of likely N-dealkylation sites (tertiary alicyclic amines) is 1. The van der Waals surface area contributed by atoms with Gasteiger partial charge in [-0.3, -0.25) is 4.79 Å². The van der Waals surface area contributed by atoms with E-state index in [1.165, 1.54) is 6.08 Å². The summed E-state index contributed by atoms with van der Waals surface area (Å²) >= 11 is 0. The number of carbonyl (C=O) groups is 2. The number of nitrogens with zero attached hydrogens (tertiary/aromatic N) is 1. The van der Waals surface area contributed by atoms with Crippen LogP contribution in [-0.4, -0.2) is 41.8 Å². The second kappa shape index (κ2) is 4.39. The fourth-order valence-electron chi connectivity index (χ4n) is 2.97. The van der Waals surface area contributed by atoms with Crippen molar-refractivity contribution in [2.75, 3.05) is 19.7 Å². The molecule has 94 valence electrons. The molecular weight excluding hydrogens is 222 g/mol. The summed E-state index contributed by atoms with van der Waals surface area (Å²) in [5.74, 6) is -1.03. The van der Waals surface area contributed by atoms with Gasteiger partial charge in [0.1, 0.15) is 6.61 Å². The van der Waals surface area contributed by atoms with Gasteiger partial charge in [-0.2, -0.15) is 0 Å². The third kappa shape index (κ3) is 2.01. The quantitative estimate of drug-likeness (QED) is 0.758. The molecule has 0 bridgehead atoms. The summed E-state index contributed by atoms with van der Waals surface area (Å²) in [6.07, 6.45) is 3.71. The molecule has 1 atom stereocenters. The Bertz CT molecular complexity index is 346. The topological polar surface area (TPSA) is 66.8 Å². The van der Waals surface area contributed by atoms with Gasteiger partial charge in [0.25, 0.3) is 0 Å². The van der Waals surface area contributed by atoms with E-state index in [1.54, 1.807) is 4.90 Å². The zero-order valence-electron chi connectivity index (χ0n) is 9.72. The zero-order valence-corrected chi connectivity index (χ0v) is 9.72. The van der Waals surface area contributed by atoms with Crippen LogP contribution in [0.1, 0.15) is 19.3 Å². The summed E-state index contributed by atoms with van der Waals surface area (Å²) in [5, 5.41) is 9.13. The van der Waals surface area contributed by atoms with Gasteiger partial charge in [-0.25, -0.2) is 4.79 Å². The standard InChI is InChI=1S/C12H17NO4/c1-2-6-17-11(16)13-7-12(8-13)5-3-4-9(12)10(14)15/h2,9H,1,3-8H2,(H,14,15). The lowest BCUT2D eigenvalue weighted by Gasteiger charge is -2.49. The molecule has 2 rings (SSSR count). The third-order valence-corrected chi connectivity index (χ3v) is 3.80. The molecule has 1 N–H and O–H groups in total. The van der Waals surface area contributed by atoms with Crippen LogP contribution in [0.4, 0.5) is 4.79 Å². The first-order chi connectivity index (χ1) is 8.09. The third-order valence-electron chi connectivity index (χ3n) is 3.80. The van der Waals surface area contributed by atoms with Crippen LogP contribution in [0.25, 0.3) is 0 Å². The van der Waals surface area contributed by atoms with Gasteiger partial charge in [0, 0.05) is 18.5 Å². The van der Waals surface area contributed by atoms with E-state index in [2.05, 4.69) is 6.58 Å². The molecule has 0 aromatic rings. The summed E-state index contributed by atoms with van der Waals surface area (Å²) in [7, 11) is 0. The molecule has 5 heteroatoms. The number of amides is 1. The molecule has 0 aromatic carbocycles. The van der Waals surface area contributed by atoms with Crippen LogP contribution in [0.15, 0.2) is 12.7 Å². The summed E-state index contributed by atoms with van der Waals surface area (Å²) in [6, 6.07) is 0. The van der Waals surface area contributed by atoms with E-state index in [1.807, 2.05) is 0 Å². The van der Waals surface area contributed by atoms with Crippen molar-refractivity contribution in [3.63, 3.8) is 0 Å². The van der Waals surface area contributed by atoms with E-state index in [0.29, 0.717) is 13.1 Å². The van der Waals surface area contributed by atoms with E-state index in [9.17, 15) is 9.59 Å². The van der Waals surface area contributed by atoms with Crippen LogP contribution in [0.5, 0.6) is 0 Å². The molecule has 1 saturated carbocycles. The van der Waals surface area contributed by atoms with Gasteiger partial charge in [0.15, 0.2) is 0 Å². The summed E-state index contributed by atoms with van der Waals surface area (Å²) in [6.45, 7) is 4.70. The van der Waals surface area contributed by atoms with E-state index in [0.717, 1.165) is 19.3 Å². The monoisotopic (exact) mass is 239 g/mol. The smallest absolute Gasteiger partial charge is 0.410 e. The van der Waals surface area contributed by atoms with Gasteiger partial charge in [0.2, 0.25) is 0 Å². The number of rotatable bonds is 3. The second-order valence-electron chi connectivity index (χ2n) is 4.87. The summed E-state index contributed by atoms with van der Waals surface area (Å²) in [5.41, 5.74) is -0.195. The molecule has 1 aliphatic carbocycles. The fraction of sp³-hybridized carbons (Fsp3) is 0.667. The number of hydrogen-bond donors (Lipinski definition) is 1. The van der Waals surface area contributed by atoms with Crippen LogP contribution in [0.3, 0.4) is 0 Å². The van der Waals surface area contributed by atoms with Crippen LogP contribution in [0.2, 0.25) is 0 Å². The molecule has 1 amide bonds. The van der Waals surface area contributed by atoms with Crippen LogP contribution in [-0.2, 0) is 9.53 Å². The second-order valence-corrected chi connectivity index (χ2v) is 4.87. The maximum atomic E-state index is 11.5. The minimum absolute atomic E-state index is 0.195. The number of hydrogen-bond acceptors (Lipinski definition) is 3. The normalized spacial score (nSPS) is 25.4. The molecule has 2 aliphatic rings. The number of ether oxygens (including phenoxy) is 1. The van der Waals surface area contributed by atoms with Gasteiger partial charge >= 0.3 is 12.1 Å². The van der Waals surface area contributed by atoms with Crippen molar-refractivity contribution in [2.24, 2.45) is 11.3 Å². The predicted octanol–water partition coefficient (Wildman–Crippen LogP) is 1.50. The van der Waals surface area contributed by atoms with E-state index in [4.69, 9.17) is 9.84 Å². The van der Waals surface area contributed by atoms with Gasteiger partial charge in [-0.1, -0.05) is 19.1 Å².